The Kier molecular flexibility index (Phi) is 6.40. The molecule has 23 heavy (non-hydrogen) atoms. The van der Waals surface area contributed by atoms with Crippen LogP contribution in [0, 0.1) is 0 Å². The van der Waals surface area contributed by atoms with E-state index in [4.69, 9.17) is 4.74 Å². The van der Waals surface area contributed by atoms with Gasteiger partial charge < -0.3 is 19.9 Å². The highest BCUT2D eigenvalue weighted by atomic mass is 16.5. The Bertz CT molecular complexity index is 651. The molecule has 1 amide bonds. The van der Waals surface area contributed by atoms with Crippen LogP contribution >= 0.6 is 0 Å². The zero-order valence-electron chi connectivity index (χ0n) is 14.2. The largest absolute Gasteiger partial charge is 0.385 e. The first kappa shape index (κ1) is 17.3. The molecule has 0 saturated heterocycles. The number of amides is 1. The smallest absolute Gasteiger partial charge is 0.251 e. The molecule has 0 saturated carbocycles. The standard InChI is InChI=1S/C17H26N4O2/c1-4-5-9-19-16(22)13-7-8-15-14(12-13)20-17(18-2)21(15)10-6-11-23-3/h7-8,12H,4-6,9-11H2,1-3H3,(H,18,20)(H,19,22). The van der Waals surface area contributed by atoms with Gasteiger partial charge in [-0.3, -0.25) is 4.79 Å². The topological polar surface area (TPSA) is 68.2 Å². The molecule has 0 unspecified atom stereocenters. The van der Waals surface area contributed by atoms with E-state index in [1.54, 1.807) is 7.11 Å². The molecule has 6 heteroatoms. The van der Waals surface area contributed by atoms with Crippen molar-refractivity contribution >= 4 is 22.9 Å². The van der Waals surface area contributed by atoms with Gasteiger partial charge in [0.15, 0.2) is 0 Å². The summed E-state index contributed by atoms with van der Waals surface area (Å²) in [5.74, 6) is 0.764. The highest BCUT2D eigenvalue weighted by molar-refractivity contribution is 5.97. The van der Waals surface area contributed by atoms with Gasteiger partial charge in [-0.2, -0.15) is 0 Å². The number of nitrogens with zero attached hydrogens (tertiary/aromatic N) is 2. The lowest BCUT2D eigenvalue weighted by Gasteiger charge is -2.08. The van der Waals surface area contributed by atoms with Crippen LogP contribution in [0.15, 0.2) is 18.2 Å². The Morgan fingerprint density at radius 2 is 2.17 bits per heavy atom. The molecule has 2 aromatic rings. The predicted molar refractivity (Wildman–Crippen MR) is 93.0 cm³/mol. The summed E-state index contributed by atoms with van der Waals surface area (Å²) in [4.78, 5) is 16.7. The lowest BCUT2D eigenvalue weighted by Crippen LogP contribution is -2.24. The average Bonchev–Trinajstić information content (AvgIpc) is 2.92. The van der Waals surface area contributed by atoms with Gasteiger partial charge in [0.1, 0.15) is 0 Å². The summed E-state index contributed by atoms with van der Waals surface area (Å²) in [6.45, 7) is 4.34. The minimum atomic E-state index is -0.0414. The van der Waals surface area contributed by atoms with Gasteiger partial charge in [-0.15, -0.1) is 0 Å². The molecule has 2 rings (SSSR count). The van der Waals surface area contributed by atoms with E-state index in [0.29, 0.717) is 18.7 Å². The third-order valence-electron chi connectivity index (χ3n) is 3.78. The molecule has 0 fully saturated rings. The molecule has 126 valence electrons. The summed E-state index contributed by atoms with van der Waals surface area (Å²) in [6, 6.07) is 5.67. The zero-order valence-corrected chi connectivity index (χ0v) is 14.2. The van der Waals surface area contributed by atoms with Crippen molar-refractivity contribution in [3.05, 3.63) is 23.8 Å². The minimum absolute atomic E-state index is 0.0414. The third-order valence-corrected chi connectivity index (χ3v) is 3.78. The van der Waals surface area contributed by atoms with Crippen molar-refractivity contribution in [1.29, 1.82) is 0 Å². The van der Waals surface area contributed by atoms with E-state index in [0.717, 1.165) is 42.8 Å². The highest BCUT2D eigenvalue weighted by Crippen LogP contribution is 2.21. The number of anilines is 1. The normalized spacial score (nSPS) is 10.9. The molecule has 6 nitrogen and oxygen atoms in total. The number of unbranched alkanes of at least 4 members (excludes halogenated alkanes) is 1. The first-order valence-corrected chi connectivity index (χ1v) is 8.16. The number of hydrogen-bond donors (Lipinski definition) is 2. The van der Waals surface area contributed by atoms with E-state index >= 15 is 0 Å². The van der Waals surface area contributed by atoms with Crippen LogP contribution in [0.4, 0.5) is 5.95 Å². The molecule has 0 aliphatic heterocycles. The molecule has 1 aromatic heterocycles. The van der Waals surface area contributed by atoms with Crippen LogP contribution in [-0.4, -0.2) is 42.8 Å². The van der Waals surface area contributed by atoms with E-state index in [2.05, 4.69) is 27.1 Å². The van der Waals surface area contributed by atoms with Crippen LogP contribution in [0.2, 0.25) is 0 Å². The van der Waals surface area contributed by atoms with Crippen LogP contribution in [0.1, 0.15) is 36.5 Å². The van der Waals surface area contributed by atoms with E-state index < -0.39 is 0 Å². The lowest BCUT2D eigenvalue weighted by atomic mass is 10.2. The summed E-state index contributed by atoms with van der Waals surface area (Å²) >= 11 is 0. The molecule has 0 spiro atoms. The maximum absolute atomic E-state index is 12.2. The second-order valence-electron chi connectivity index (χ2n) is 5.50. The Morgan fingerprint density at radius 3 is 2.87 bits per heavy atom. The molecule has 2 N–H and O–H groups in total. The average molecular weight is 318 g/mol. The van der Waals surface area contributed by atoms with Gasteiger partial charge in [0.2, 0.25) is 5.95 Å². The van der Waals surface area contributed by atoms with Gasteiger partial charge in [0.05, 0.1) is 11.0 Å². The van der Waals surface area contributed by atoms with Crippen LogP contribution in [0.5, 0.6) is 0 Å². The maximum Gasteiger partial charge on any atom is 0.251 e. The number of ether oxygens (including phenoxy) is 1. The van der Waals surface area contributed by atoms with Crippen molar-refractivity contribution in [1.82, 2.24) is 14.9 Å². The number of aromatic nitrogens is 2. The molecule has 0 atom stereocenters. The quantitative estimate of drug-likeness (QED) is 0.698. The molecule has 1 aromatic carbocycles. The minimum Gasteiger partial charge on any atom is -0.385 e. The SMILES string of the molecule is CCCCNC(=O)c1ccc2c(c1)nc(NC)n2CCCOC. The highest BCUT2D eigenvalue weighted by Gasteiger charge is 2.12. The first-order chi connectivity index (χ1) is 11.2. The fourth-order valence-electron chi connectivity index (χ4n) is 2.54. The summed E-state index contributed by atoms with van der Waals surface area (Å²) in [5, 5.41) is 6.05. The number of carbonyl (C=O) groups is 1. The number of methoxy groups -OCH3 is 1. The maximum atomic E-state index is 12.2. The Morgan fingerprint density at radius 1 is 1.35 bits per heavy atom. The van der Waals surface area contributed by atoms with Crippen LogP contribution in [0.3, 0.4) is 0 Å². The molecular formula is C17H26N4O2. The number of benzene rings is 1. The van der Waals surface area contributed by atoms with E-state index in [9.17, 15) is 4.79 Å². The van der Waals surface area contributed by atoms with Gasteiger partial charge >= 0.3 is 0 Å². The summed E-state index contributed by atoms with van der Waals surface area (Å²) in [7, 11) is 3.56. The fourth-order valence-corrected chi connectivity index (χ4v) is 2.54. The molecule has 1 heterocycles. The molecule has 0 aliphatic rings. The van der Waals surface area contributed by atoms with Crippen LogP contribution in [-0.2, 0) is 11.3 Å². The second kappa shape index (κ2) is 8.53. The van der Waals surface area contributed by atoms with Crippen molar-refractivity contribution < 1.29 is 9.53 Å². The second-order valence-corrected chi connectivity index (χ2v) is 5.50. The van der Waals surface area contributed by atoms with Crippen LogP contribution < -0.4 is 10.6 Å². The molecule has 0 bridgehead atoms. The third kappa shape index (κ3) is 4.22. The van der Waals surface area contributed by atoms with Crippen molar-refractivity contribution in [2.45, 2.75) is 32.7 Å². The van der Waals surface area contributed by atoms with E-state index in [1.165, 1.54) is 0 Å². The van der Waals surface area contributed by atoms with Crippen molar-refractivity contribution in [3.8, 4) is 0 Å². The Hall–Kier alpha value is -2.08. The van der Waals surface area contributed by atoms with Gasteiger partial charge in [0.25, 0.3) is 5.91 Å². The Balaban J connectivity index is 2.21. The lowest BCUT2D eigenvalue weighted by molar-refractivity contribution is 0.0953. The van der Waals surface area contributed by atoms with Crippen molar-refractivity contribution in [3.63, 3.8) is 0 Å². The van der Waals surface area contributed by atoms with E-state index in [-0.39, 0.29) is 5.91 Å². The number of rotatable bonds is 9. The van der Waals surface area contributed by atoms with Gasteiger partial charge in [-0.05, 0) is 31.0 Å². The molecule has 0 radical (unpaired) electrons. The molecular weight excluding hydrogens is 292 g/mol. The molecule has 0 aliphatic carbocycles. The summed E-state index contributed by atoms with van der Waals surface area (Å²) in [6.07, 6.45) is 2.97. The van der Waals surface area contributed by atoms with Crippen LogP contribution in [0.25, 0.3) is 11.0 Å². The van der Waals surface area contributed by atoms with Gasteiger partial charge in [0, 0.05) is 39.4 Å². The van der Waals surface area contributed by atoms with E-state index in [1.807, 2.05) is 25.2 Å². The number of aryl methyl sites for hydroxylation is 1. The predicted octanol–water partition coefficient (Wildman–Crippen LogP) is 2.64. The Labute approximate surface area is 137 Å². The number of fused-ring (bicyclic) bond motifs is 1. The summed E-state index contributed by atoms with van der Waals surface area (Å²) < 4.78 is 7.23. The number of nitrogens with one attached hydrogen (secondary N) is 2. The number of hydrogen-bond acceptors (Lipinski definition) is 4. The monoisotopic (exact) mass is 318 g/mol. The zero-order chi connectivity index (χ0) is 16.7. The van der Waals surface area contributed by atoms with Crippen molar-refractivity contribution in [2.24, 2.45) is 0 Å². The number of carbonyl (C=O) groups excluding carboxylic acids is 1. The van der Waals surface area contributed by atoms with Crippen molar-refractivity contribution in [2.75, 3.05) is 32.6 Å². The van der Waals surface area contributed by atoms with Gasteiger partial charge in [-0.25, -0.2) is 4.98 Å². The fraction of sp³-hybridized carbons (Fsp3) is 0.529. The summed E-state index contributed by atoms with van der Waals surface area (Å²) in [5.41, 5.74) is 2.50. The van der Waals surface area contributed by atoms with Gasteiger partial charge in [-0.1, -0.05) is 13.3 Å². The number of imidazole rings is 1. The first-order valence-electron chi connectivity index (χ1n) is 8.16.